The van der Waals surface area contributed by atoms with Crippen LogP contribution in [0.4, 0.5) is 0 Å². The van der Waals surface area contributed by atoms with E-state index in [0.717, 1.165) is 6.54 Å². The van der Waals surface area contributed by atoms with E-state index < -0.39 is 0 Å². The summed E-state index contributed by atoms with van der Waals surface area (Å²) in [4.78, 5) is 0. The van der Waals surface area contributed by atoms with Gasteiger partial charge in [0.1, 0.15) is 0 Å². The predicted octanol–water partition coefficient (Wildman–Crippen LogP) is 2.78. The van der Waals surface area contributed by atoms with Crippen molar-refractivity contribution in [3.05, 3.63) is 35.9 Å². The zero-order valence-electron chi connectivity index (χ0n) is 8.53. The first-order valence-electron chi connectivity index (χ1n) is 5.04. The van der Waals surface area contributed by atoms with E-state index in [1.807, 2.05) is 0 Å². The Morgan fingerprint density at radius 1 is 1.23 bits per heavy atom. The molecule has 0 aliphatic heterocycles. The molecule has 2 atom stereocenters. The van der Waals surface area contributed by atoms with Gasteiger partial charge in [0.15, 0.2) is 0 Å². The minimum Gasteiger partial charge on any atom is -0.330 e. The number of hydrogen-bond acceptors (Lipinski definition) is 1. The van der Waals surface area contributed by atoms with E-state index in [4.69, 9.17) is 5.73 Å². The molecule has 1 rings (SSSR count). The van der Waals surface area contributed by atoms with Gasteiger partial charge in [-0.05, 0) is 30.4 Å². The summed E-state index contributed by atoms with van der Waals surface area (Å²) in [6, 6.07) is 10.6. The van der Waals surface area contributed by atoms with Gasteiger partial charge in [-0.15, -0.1) is 0 Å². The van der Waals surface area contributed by atoms with Gasteiger partial charge in [-0.2, -0.15) is 0 Å². The largest absolute Gasteiger partial charge is 0.330 e. The maximum absolute atomic E-state index is 5.69. The highest BCUT2D eigenvalue weighted by Crippen LogP contribution is 2.26. The lowest BCUT2D eigenvalue weighted by Crippen LogP contribution is -2.18. The normalized spacial score (nSPS) is 15.3. The Bertz CT molecular complexity index is 230. The molecular weight excluding hydrogens is 158 g/mol. The summed E-state index contributed by atoms with van der Waals surface area (Å²) in [7, 11) is 0. The van der Waals surface area contributed by atoms with Gasteiger partial charge in [0, 0.05) is 0 Å². The average Bonchev–Trinajstić information content (AvgIpc) is 2.20. The Morgan fingerprint density at radius 2 is 1.85 bits per heavy atom. The van der Waals surface area contributed by atoms with Crippen molar-refractivity contribution in [2.45, 2.75) is 26.2 Å². The van der Waals surface area contributed by atoms with E-state index >= 15 is 0 Å². The fraction of sp³-hybridized carbons (Fsp3) is 0.500. The second kappa shape index (κ2) is 5.03. The van der Waals surface area contributed by atoms with Crippen LogP contribution in [-0.4, -0.2) is 6.54 Å². The van der Waals surface area contributed by atoms with E-state index in [9.17, 15) is 0 Å². The Labute approximate surface area is 81.0 Å². The summed E-state index contributed by atoms with van der Waals surface area (Å²) in [5, 5.41) is 0. The Kier molecular flexibility index (Phi) is 3.97. The monoisotopic (exact) mass is 177 g/mol. The first-order valence-corrected chi connectivity index (χ1v) is 5.04. The highest BCUT2D eigenvalue weighted by Gasteiger charge is 2.15. The van der Waals surface area contributed by atoms with E-state index in [1.165, 1.54) is 12.0 Å². The van der Waals surface area contributed by atoms with Crippen LogP contribution in [-0.2, 0) is 0 Å². The molecule has 0 radical (unpaired) electrons. The zero-order chi connectivity index (χ0) is 9.68. The predicted molar refractivity (Wildman–Crippen MR) is 57.7 cm³/mol. The van der Waals surface area contributed by atoms with Crippen LogP contribution in [0, 0.1) is 5.92 Å². The van der Waals surface area contributed by atoms with E-state index in [2.05, 4.69) is 44.2 Å². The Hall–Kier alpha value is -0.820. The van der Waals surface area contributed by atoms with Crippen LogP contribution >= 0.6 is 0 Å². The maximum Gasteiger partial charge on any atom is -0.00457 e. The summed E-state index contributed by atoms with van der Waals surface area (Å²) in [5.41, 5.74) is 7.11. The first-order chi connectivity index (χ1) is 6.29. The van der Waals surface area contributed by atoms with Crippen molar-refractivity contribution in [1.29, 1.82) is 0 Å². The molecule has 72 valence electrons. The third-order valence-electron chi connectivity index (χ3n) is 2.73. The van der Waals surface area contributed by atoms with Gasteiger partial charge in [0.2, 0.25) is 0 Å². The molecule has 0 aliphatic carbocycles. The van der Waals surface area contributed by atoms with E-state index in [-0.39, 0.29) is 0 Å². The third kappa shape index (κ3) is 2.56. The molecule has 0 fully saturated rings. The SMILES string of the molecule is CCC(c1ccccc1)[C@H](C)CN. The van der Waals surface area contributed by atoms with Crippen LogP contribution in [0.15, 0.2) is 30.3 Å². The summed E-state index contributed by atoms with van der Waals surface area (Å²) in [5.74, 6) is 1.19. The molecule has 0 bridgehead atoms. The van der Waals surface area contributed by atoms with Crippen LogP contribution in [0.1, 0.15) is 31.7 Å². The molecule has 0 heterocycles. The van der Waals surface area contributed by atoms with E-state index in [0.29, 0.717) is 11.8 Å². The molecule has 0 amide bonds. The quantitative estimate of drug-likeness (QED) is 0.752. The van der Waals surface area contributed by atoms with Gasteiger partial charge in [-0.1, -0.05) is 44.2 Å². The Morgan fingerprint density at radius 3 is 2.31 bits per heavy atom. The number of rotatable bonds is 4. The Balaban J connectivity index is 2.78. The highest BCUT2D eigenvalue weighted by atomic mass is 14.5. The molecule has 1 heteroatoms. The van der Waals surface area contributed by atoms with Crippen molar-refractivity contribution in [3.63, 3.8) is 0 Å². The van der Waals surface area contributed by atoms with Crippen molar-refractivity contribution < 1.29 is 0 Å². The zero-order valence-corrected chi connectivity index (χ0v) is 8.53. The smallest absolute Gasteiger partial charge is 0.00457 e. The molecule has 0 aromatic heterocycles. The lowest BCUT2D eigenvalue weighted by atomic mass is 9.85. The van der Waals surface area contributed by atoms with Crippen molar-refractivity contribution in [2.24, 2.45) is 11.7 Å². The van der Waals surface area contributed by atoms with Crippen LogP contribution in [0.2, 0.25) is 0 Å². The van der Waals surface area contributed by atoms with Gasteiger partial charge in [-0.25, -0.2) is 0 Å². The number of nitrogens with two attached hydrogens (primary N) is 1. The van der Waals surface area contributed by atoms with Crippen LogP contribution < -0.4 is 5.73 Å². The van der Waals surface area contributed by atoms with Crippen LogP contribution in [0.25, 0.3) is 0 Å². The molecule has 1 nitrogen and oxygen atoms in total. The van der Waals surface area contributed by atoms with Crippen LogP contribution in [0.3, 0.4) is 0 Å². The summed E-state index contributed by atoms with van der Waals surface area (Å²) < 4.78 is 0. The molecule has 1 unspecified atom stereocenters. The topological polar surface area (TPSA) is 26.0 Å². The van der Waals surface area contributed by atoms with Gasteiger partial charge in [0.25, 0.3) is 0 Å². The number of benzene rings is 1. The van der Waals surface area contributed by atoms with Crippen molar-refractivity contribution in [1.82, 2.24) is 0 Å². The third-order valence-corrected chi connectivity index (χ3v) is 2.73. The molecule has 1 aromatic rings. The van der Waals surface area contributed by atoms with Gasteiger partial charge >= 0.3 is 0 Å². The lowest BCUT2D eigenvalue weighted by Gasteiger charge is -2.21. The van der Waals surface area contributed by atoms with E-state index in [1.54, 1.807) is 0 Å². The number of hydrogen-bond donors (Lipinski definition) is 1. The second-order valence-electron chi connectivity index (χ2n) is 3.64. The van der Waals surface area contributed by atoms with Gasteiger partial charge in [0.05, 0.1) is 0 Å². The van der Waals surface area contributed by atoms with Crippen molar-refractivity contribution in [2.75, 3.05) is 6.54 Å². The lowest BCUT2D eigenvalue weighted by molar-refractivity contribution is 0.457. The average molecular weight is 177 g/mol. The summed E-state index contributed by atoms with van der Waals surface area (Å²) in [6.45, 7) is 5.22. The summed E-state index contributed by atoms with van der Waals surface area (Å²) >= 11 is 0. The van der Waals surface area contributed by atoms with Gasteiger partial charge < -0.3 is 5.73 Å². The van der Waals surface area contributed by atoms with Crippen molar-refractivity contribution in [3.8, 4) is 0 Å². The minimum atomic E-state index is 0.576. The highest BCUT2D eigenvalue weighted by molar-refractivity contribution is 5.20. The van der Waals surface area contributed by atoms with Gasteiger partial charge in [-0.3, -0.25) is 0 Å². The van der Waals surface area contributed by atoms with Crippen molar-refractivity contribution >= 4 is 0 Å². The minimum absolute atomic E-state index is 0.576. The molecule has 0 spiro atoms. The summed E-state index contributed by atoms with van der Waals surface area (Å²) in [6.07, 6.45) is 1.17. The molecule has 0 aliphatic rings. The van der Waals surface area contributed by atoms with Crippen LogP contribution in [0.5, 0.6) is 0 Å². The fourth-order valence-electron chi connectivity index (χ4n) is 1.83. The fourth-order valence-corrected chi connectivity index (χ4v) is 1.83. The molecule has 0 saturated carbocycles. The molecule has 0 saturated heterocycles. The second-order valence-corrected chi connectivity index (χ2v) is 3.64. The molecule has 2 N–H and O–H groups in total. The first kappa shape index (κ1) is 10.3. The molecule has 13 heavy (non-hydrogen) atoms. The molecular formula is C12H19N. The molecule has 1 aromatic carbocycles. The standard InChI is InChI=1S/C12H19N/c1-3-12(10(2)9-13)11-7-5-4-6-8-11/h4-8,10,12H,3,9,13H2,1-2H3/t10-,12?/m1/s1. The maximum atomic E-state index is 5.69.